The van der Waals surface area contributed by atoms with Crippen LogP contribution in [0.5, 0.6) is 0 Å². The van der Waals surface area contributed by atoms with Gasteiger partial charge in [0.05, 0.1) is 45.6 Å². The summed E-state index contributed by atoms with van der Waals surface area (Å²) in [6, 6.07) is 0. The third-order valence-electron chi connectivity index (χ3n) is 8.94. The third kappa shape index (κ3) is 4.64. The van der Waals surface area contributed by atoms with Crippen LogP contribution in [0.4, 0.5) is 5.13 Å². The van der Waals surface area contributed by atoms with Crippen molar-refractivity contribution in [2.45, 2.75) is 70.8 Å². The number of aliphatic hydroxyl groups is 2. The molecule has 190 valence electrons. The van der Waals surface area contributed by atoms with E-state index in [1.54, 1.807) is 0 Å². The first kappa shape index (κ1) is 25.5. The molecule has 3 aliphatic carbocycles. The lowest BCUT2D eigenvalue weighted by molar-refractivity contribution is -0.856. The summed E-state index contributed by atoms with van der Waals surface area (Å²) < 4.78 is 0. The van der Waals surface area contributed by atoms with Crippen molar-refractivity contribution >= 4 is 28.3 Å². The molecule has 5 N–H and O–H groups in total. The van der Waals surface area contributed by atoms with Gasteiger partial charge in [0.1, 0.15) is 0 Å². The van der Waals surface area contributed by atoms with Crippen LogP contribution in [0.3, 0.4) is 0 Å². The summed E-state index contributed by atoms with van der Waals surface area (Å²) >= 11 is 1.49. The number of likely N-dealkylation sites (N-methyl/N-ethyl adjacent to an activating group) is 1. The molecule has 8 nitrogen and oxygen atoms in total. The molecule has 0 aliphatic heterocycles. The molecule has 0 unspecified atom stereocenters. The highest BCUT2D eigenvalue weighted by atomic mass is 32.1. The maximum absolute atomic E-state index is 13.0. The SMILES string of the molecule is C[NH+](C)CCNC(=O)C[C@@H]1c2nc(NC(=O)C3CCC3)sc2C[C@@H]2[C@](C)(CO)[C@H](O)CC[C@]21C. The number of nitrogens with zero attached hydrogens (tertiary/aromatic N) is 1. The van der Waals surface area contributed by atoms with Gasteiger partial charge in [-0.05, 0) is 43.4 Å². The number of carbonyl (C=O) groups is 2. The van der Waals surface area contributed by atoms with Crippen molar-refractivity contribution in [1.82, 2.24) is 10.3 Å². The van der Waals surface area contributed by atoms with Crippen LogP contribution in [0.2, 0.25) is 0 Å². The summed E-state index contributed by atoms with van der Waals surface area (Å²) in [6.45, 7) is 5.55. The molecule has 1 aromatic rings. The van der Waals surface area contributed by atoms with Gasteiger partial charge in [-0.1, -0.05) is 20.3 Å². The van der Waals surface area contributed by atoms with Crippen molar-refractivity contribution in [2.24, 2.45) is 22.7 Å². The second-order valence-electron chi connectivity index (χ2n) is 11.5. The van der Waals surface area contributed by atoms with E-state index in [1.165, 1.54) is 16.2 Å². The molecule has 0 radical (unpaired) electrons. The molecule has 1 aromatic heterocycles. The number of thiazole rings is 1. The van der Waals surface area contributed by atoms with Gasteiger partial charge in [0.2, 0.25) is 11.8 Å². The fourth-order valence-corrected chi connectivity index (χ4v) is 7.36. The molecular weight excluding hydrogens is 452 g/mol. The smallest absolute Gasteiger partial charge is 0.229 e. The molecule has 34 heavy (non-hydrogen) atoms. The number of hydrogen-bond donors (Lipinski definition) is 5. The second kappa shape index (κ2) is 9.84. The average molecular weight is 494 g/mol. The molecular formula is C25H41N4O4S+. The minimum atomic E-state index is -0.646. The topological polar surface area (TPSA) is 116 Å². The molecule has 9 heteroatoms. The summed E-state index contributed by atoms with van der Waals surface area (Å²) in [5, 5.41) is 27.9. The number of nitrogens with one attached hydrogen (secondary N) is 3. The van der Waals surface area contributed by atoms with Gasteiger partial charge in [-0.25, -0.2) is 4.98 Å². The first-order chi connectivity index (χ1) is 16.1. The fraction of sp³-hybridized carbons (Fsp3) is 0.800. The molecule has 1 heterocycles. The van der Waals surface area contributed by atoms with Crippen molar-refractivity contribution in [1.29, 1.82) is 0 Å². The van der Waals surface area contributed by atoms with E-state index in [1.807, 2.05) is 6.92 Å². The lowest BCUT2D eigenvalue weighted by Gasteiger charge is -2.58. The number of aliphatic hydroxyl groups excluding tert-OH is 2. The number of aromatic nitrogens is 1. The predicted molar refractivity (Wildman–Crippen MR) is 132 cm³/mol. The van der Waals surface area contributed by atoms with Crippen LogP contribution in [0.25, 0.3) is 0 Å². The molecule has 2 saturated carbocycles. The van der Waals surface area contributed by atoms with Crippen LogP contribution in [0.15, 0.2) is 0 Å². The standard InChI is InChI=1S/C25H40N4O4S/c1-24-9-8-19(31)25(2,14-30)18(24)13-17-21(16(24)12-20(32)26-10-11-29(3)4)27-23(34-17)28-22(33)15-6-5-7-15/h15-16,18-19,30-31H,5-14H2,1-4H3,(H,26,32)(H,27,28,33)/p+1/t16-,18+,19-,24+,25+/m1/s1. The number of fused-ring (bicyclic) bond motifs is 2. The van der Waals surface area contributed by atoms with Gasteiger partial charge in [-0.3, -0.25) is 9.59 Å². The maximum Gasteiger partial charge on any atom is 0.229 e. The lowest BCUT2D eigenvalue weighted by Crippen LogP contribution is -3.06. The third-order valence-corrected chi connectivity index (χ3v) is 9.95. The molecule has 0 spiro atoms. The number of amides is 2. The Hall–Kier alpha value is -1.55. The Morgan fingerprint density at radius 3 is 2.59 bits per heavy atom. The molecule has 0 bridgehead atoms. The number of rotatable bonds is 8. The van der Waals surface area contributed by atoms with Gasteiger partial charge >= 0.3 is 0 Å². The number of hydrogen-bond acceptors (Lipinski definition) is 6. The first-order valence-electron chi connectivity index (χ1n) is 12.7. The van der Waals surface area contributed by atoms with E-state index in [0.29, 0.717) is 30.9 Å². The van der Waals surface area contributed by atoms with Crippen LogP contribution >= 0.6 is 11.3 Å². The fourth-order valence-electron chi connectivity index (χ4n) is 6.29. The molecule has 0 saturated heterocycles. The number of carbonyl (C=O) groups excluding carboxylic acids is 2. The largest absolute Gasteiger partial charge is 0.396 e. The molecule has 2 amide bonds. The minimum Gasteiger partial charge on any atom is -0.396 e. The van der Waals surface area contributed by atoms with Crippen molar-refractivity contribution in [3.63, 3.8) is 0 Å². The highest BCUT2D eigenvalue weighted by Crippen LogP contribution is 2.62. The van der Waals surface area contributed by atoms with Crippen LogP contribution < -0.4 is 15.5 Å². The number of quaternary nitrogens is 1. The quantitative estimate of drug-likeness (QED) is 0.370. The van der Waals surface area contributed by atoms with Gasteiger partial charge in [0, 0.05) is 28.5 Å². The summed E-state index contributed by atoms with van der Waals surface area (Å²) in [6.07, 6.45) is 4.76. The first-order valence-corrected chi connectivity index (χ1v) is 13.5. The van der Waals surface area contributed by atoms with E-state index >= 15 is 0 Å². The Morgan fingerprint density at radius 2 is 1.97 bits per heavy atom. The second-order valence-corrected chi connectivity index (χ2v) is 12.6. The predicted octanol–water partition coefficient (Wildman–Crippen LogP) is 0.948. The van der Waals surface area contributed by atoms with Gasteiger partial charge in [0.25, 0.3) is 0 Å². The molecule has 2 fully saturated rings. The molecule has 5 atom stereocenters. The molecule has 4 rings (SSSR count). The molecule has 3 aliphatic rings. The van der Waals surface area contributed by atoms with E-state index < -0.39 is 11.5 Å². The summed E-state index contributed by atoms with van der Waals surface area (Å²) in [5.41, 5.74) is -0.0118. The van der Waals surface area contributed by atoms with E-state index in [9.17, 15) is 19.8 Å². The van der Waals surface area contributed by atoms with Crippen molar-refractivity contribution in [2.75, 3.05) is 39.1 Å². The Labute approximate surface area is 206 Å². The van der Waals surface area contributed by atoms with Crippen LogP contribution in [-0.2, 0) is 16.0 Å². The zero-order valence-corrected chi connectivity index (χ0v) is 21.8. The zero-order chi connectivity index (χ0) is 24.7. The maximum atomic E-state index is 13.0. The van der Waals surface area contributed by atoms with Gasteiger partial charge in [0.15, 0.2) is 5.13 Å². The van der Waals surface area contributed by atoms with Gasteiger partial charge < -0.3 is 25.7 Å². The van der Waals surface area contributed by atoms with Gasteiger partial charge in [-0.15, -0.1) is 11.3 Å². The summed E-state index contributed by atoms with van der Waals surface area (Å²) in [7, 11) is 4.12. The highest BCUT2D eigenvalue weighted by molar-refractivity contribution is 7.15. The average Bonchev–Trinajstić information content (AvgIpc) is 3.13. The highest BCUT2D eigenvalue weighted by Gasteiger charge is 2.59. The van der Waals surface area contributed by atoms with Crippen LogP contribution in [-0.4, -0.2) is 66.9 Å². The van der Waals surface area contributed by atoms with Crippen molar-refractivity contribution in [3.8, 4) is 0 Å². The monoisotopic (exact) mass is 493 g/mol. The minimum absolute atomic E-state index is 0.00366. The zero-order valence-electron chi connectivity index (χ0n) is 20.9. The Bertz CT molecular complexity index is 917. The van der Waals surface area contributed by atoms with E-state index in [4.69, 9.17) is 4.98 Å². The van der Waals surface area contributed by atoms with E-state index in [-0.39, 0.29) is 41.6 Å². The normalized spacial score (nSPS) is 33.1. The Balaban J connectivity index is 1.64. The van der Waals surface area contributed by atoms with Gasteiger partial charge in [-0.2, -0.15) is 0 Å². The molecule has 0 aromatic carbocycles. The van der Waals surface area contributed by atoms with Crippen molar-refractivity contribution in [3.05, 3.63) is 10.6 Å². The van der Waals surface area contributed by atoms with E-state index in [0.717, 1.165) is 42.8 Å². The van der Waals surface area contributed by atoms with Crippen LogP contribution in [0, 0.1) is 22.7 Å². The summed E-state index contributed by atoms with van der Waals surface area (Å²) in [5.74, 6) is 0.00751. The Kier molecular flexibility index (Phi) is 7.39. The summed E-state index contributed by atoms with van der Waals surface area (Å²) in [4.78, 5) is 32.8. The Morgan fingerprint density at radius 1 is 1.24 bits per heavy atom. The van der Waals surface area contributed by atoms with E-state index in [2.05, 4.69) is 31.7 Å². The number of anilines is 1. The van der Waals surface area contributed by atoms with Crippen LogP contribution in [0.1, 0.15) is 68.9 Å². The lowest BCUT2D eigenvalue weighted by atomic mass is 9.47. The van der Waals surface area contributed by atoms with Crippen molar-refractivity contribution < 1.29 is 24.7 Å².